The zero-order valence-electron chi connectivity index (χ0n) is 13.1. The Labute approximate surface area is 134 Å². The zero-order chi connectivity index (χ0) is 16.1. The molecule has 23 heavy (non-hydrogen) atoms. The number of hydrogen-bond donors (Lipinski definition) is 3. The lowest BCUT2D eigenvalue weighted by atomic mass is 9.79. The van der Waals surface area contributed by atoms with Gasteiger partial charge in [-0.3, -0.25) is 0 Å². The fourth-order valence-electron chi connectivity index (χ4n) is 3.42. The van der Waals surface area contributed by atoms with Gasteiger partial charge < -0.3 is 10.2 Å². The largest absolute Gasteiger partial charge is 0.396 e. The van der Waals surface area contributed by atoms with Gasteiger partial charge in [0, 0.05) is 19.2 Å². The monoisotopic (exact) mass is 321 g/mol. The minimum absolute atomic E-state index is 0.0269. The first kappa shape index (κ1) is 16.0. The molecule has 3 N–H and O–H groups in total. The van der Waals surface area contributed by atoms with E-state index in [9.17, 15) is 5.11 Å². The summed E-state index contributed by atoms with van der Waals surface area (Å²) in [5.41, 5.74) is 0.0969. The Morgan fingerprint density at radius 1 is 1.17 bits per heavy atom. The molecule has 1 aliphatic carbocycles. The Bertz CT molecular complexity index is 590. The number of aliphatic hydroxyl groups excluding tert-OH is 2. The molecule has 0 amide bonds. The van der Waals surface area contributed by atoms with Gasteiger partial charge in [0.2, 0.25) is 5.82 Å². The number of nitrogens with one attached hydrogen (secondary N) is 1. The molecule has 1 saturated carbocycles. The first-order chi connectivity index (χ1) is 11.3. The van der Waals surface area contributed by atoms with Crippen molar-refractivity contribution in [2.24, 2.45) is 0 Å². The van der Waals surface area contributed by atoms with Gasteiger partial charge in [-0.15, -0.1) is 15.3 Å². The Hall–Kier alpha value is -1.87. The van der Waals surface area contributed by atoms with Gasteiger partial charge in [0.1, 0.15) is 6.10 Å². The van der Waals surface area contributed by atoms with Crippen molar-refractivity contribution in [1.82, 2.24) is 35.6 Å². The summed E-state index contributed by atoms with van der Waals surface area (Å²) >= 11 is 0. The van der Waals surface area contributed by atoms with Crippen molar-refractivity contribution < 1.29 is 10.2 Å². The number of aromatic nitrogens is 7. The zero-order valence-corrected chi connectivity index (χ0v) is 13.1. The van der Waals surface area contributed by atoms with Crippen molar-refractivity contribution in [3.8, 4) is 0 Å². The maximum atomic E-state index is 11.0. The molecular formula is C14H23N7O2. The minimum Gasteiger partial charge on any atom is -0.396 e. The SMILES string of the molecule is OCCc1cn(C2(C(O)c3nn[nH]n3)CCCCCCC2)nn1. The highest BCUT2D eigenvalue weighted by molar-refractivity contribution is 5.04. The van der Waals surface area contributed by atoms with Crippen LogP contribution in [0, 0.1) is 0 Å². The van der Waals surface area contributed by atoms with Gasteiger partial charge in [-0.05, 0) is 12.8 Å². The molecule has 2 aromatic heterocycles. The summed E-state index contributed by atoms with van der Waals surface area (Å²) < 4.78 is 1.75. The normalized spacial score (nSPS) is 19.9. The fourth-order valence-corrected chi connectivity index (χ4v) is 3.42. The molecule has 1 fully saturated rings. The molecule has 126 valence electrons. The molecule has 1 aliphatic rings. The fraction of sp³-hybridized carbons (Fsp3) is 0.786. The van der Waals surface area contributed by atoms with E-state index in [0.29, 0.717) is 12.1 Å². The number of aliphatic hydroxyl groups is 2. The molecule has 0 aromatic carbocycles. The molecule has 0 radical (unpaired) electrons. The van der Waals surface area contributed by atoms with E-state index in [4.69, 9.17) is 5.11 Å². The highest BCUT2D eigenvalue weighted by Gasteiger charge is 2.43. The van der Waals surface area contributed by atoms with Crippen molar-refractivity contribution in [3.05, 3.63) is 17.7 Å². The molecule has 0 aliphatic heterocycles. The Balaban J connectivity index is 1.96. The topological polar surface area (TPSA) is 126 Å². The second-order valence-electron chi connectivity index (χ2n) is 6.17. The molecule has 1 atom stereocenters. The lowest BCUT2D eigenvalue weighted by Gasteiger charge is -2.38. The van der Waals surface area contributed by atoms with E-state index in [2.05, 4.69) is 30.9 Å². The number of nitrogens with zero attached hydrogens (tertiary/aromatic N) is 6. The van der Waals surface area contributed by atoms with E-state index in [-0.39, 0.29) is 12.4 Å². The van der Waals surface area contributed by atoms with Crippen molar-refractivity contribution in [1.29, 1.82) is 0 Å². The lowest BCUT2D eigenvalue weighted by Crippen LogP contribution is -2.41. The lowest BCUT2D eigenvalue weighted by molar-refractivity contribution is -0.00408. The predicted molar refractivity (Wildman–Crippen MR) is 80.2 cm³/mol. The predicted octanol–water partition coefficient (Wildman–Crippen LogP) is 0.499. The second kappa shape index (κ2) is 7.14. The average molecular weight is 321 g/mol. The van der Waals surface area contributed by atoms with Gasteiger partial charge in [-0.25, -0.2) is 4.68 Å². The van der Waals surface area contributed by atoms with Gasteiger partial charge >= 0.3 is 0 Å². The van der Waals surface area contributed by atoms with E-state index in [0.717, 1.165) is 38.5 Å². The van der Waals surface area contributed by atoms with Crippen LogP contribution in [0.1, 0.15) is 62.6 Å². The van der Waals surface area contributed by atoms with E-state index >= 15 is 0 Å². The molecule has 3 rings (SSSR count). The van der Waals surface area contributed by atoms with Gasteiger partial charge in [-0.2, -0.15) is 5.21 Å². The van der Waals surface area contributed by atoms with Gasteiger partial charge in [0.25, 0.3) is 0 Å². The molecule has 2 heterocycles. The standard InChI is InChI=1S/C14H23N7O2/c22-9-6-11-10-21(20-15-11)14(7-4-2-1-3-5-8-14)12(23)13-16-18-19-17-13/h10,12,22-23H,1-9H2,(H,16,17,18,19). The molecule has 0 bridgehead atoms. The maximum Gasteiger partial charge on any atom is 0.205 e. The van der Waals surface area contributed by atoms with E-state index in [1.807, 2.05) is 6.20 Å². The summed E-state index contributed by atoms with van der Waals surface area (Å²) in [7, 11) is 0. The molecule has 9 heteroatoms. The maximum absolute atomic E-state index is 11.0. The Morgan fingerprint density at radius 2 is 1.91 bits per heavy atom. The molecule has 9 nitrogen and oxygen atoms in total. The van der Waals surface area contributed by atoms with Crippen LogP contribution in [-0.2, 0) is 12.0 Å². The van der Waals surface area contributed by atoms with Crippen molar-refractivity contribution >= 4 is 0 Å². The third-order valence-corrected chi connectivity index (χ3v) is 4.70. The summed E-state index contributed by atoms with van der Waals surface area (Å²) in [4.78, 5) is 0. The third-order valence-electron chi connectivity index (χ3n) is 4.70. The Morgan fingerprint density at radius 3 is 2.57 bits per heavy atom. The number of H-pyrrole nitrogens is 1. The highest BCUT2D eigenvalue weighted by Crippen LogP contribution is 2.41. The molecular weight excluding hydrogens is 298 g/mol. The van der Waals surface area contributed by atoms with Crippen LogP contribution in [0.3, 0.4) is 0 Å². The molecule has 0 saturated heterocycles. The van der Waals surface area contributed by atoms with Crippen LogP contribution in [0.5, 0.6) is 0 Å². The van der Waals surface area contributed by atoms with Gasteiger partial charge in [0.05, 0.1) is 11.2 Å². The van der Waals surface area contributed by atoms with Crippen LogP contribution in [-0.4, -0.2) is 52.4 Å². The van der Waals surface area contributed by atoms with Crippen LogP contribution in [0.2, 0.25) is 0 Å². The van der Waals surface area contributed by atoms with Crippen molar-refractivity contribution in [2.75, 3.05) is 6.61 Å². The third kappa shape index (κ3) is 3.25. The van der Waals surface area contributed by atoms with E-state index in [1.54, 1.807) is 4.68 Å². The minimum atomic E-state index is -0.900. The van der Waals surface area contributed by atoms with Gasteiger partial charge in [-0.1, -0.05) is 42.5 Å². The average Bonchev–Trinajstić information content (AvgIpc) is 3.19. The van der Waals surface area contributed by atoms with E-state index < -0.39 is 11.6 Å². The second-order valence-corrected chi connectivity index (χ2v) is 6.17. The first-order valence-corrected chi connectivity index (χ1v) is 8.20. The number of rotatable bonds is 5. The number of tetrazole rings is 1. The Kier molecular flexibility index (Phi) is 4.97. The summed E-state index contributed by atoms with van der Waals surface area (Å²) in [5.74, 6) is 0.282. The quantitative estimate of drug-likeness (QED) is 0.732. The van der Waals surface area contributed by atoms with Gasteiger partial charge in [0.15, 0.2) is 0 Å². The number of hydrogen-bond acceptors (Lipinski definition) is 7. The van der Waals surface area contributed by atoms with Crippen LogP contribution in [0.15, 0.2) is 6.20 Å². The molecule has 1 unspecified atom stereocenters. The van der Waals surface area contributed by atoms with Crippen LogP contribution in [0.4, 0.5) is 0 Å². The summed E-state index contributed by atoms with van der Waals surface area (Å²) in [6, 6.07) is 0. The smallest absolute Gasteiger partial charge is 0.205 e. The highest BCUT2D eigenvalue weighted by atomic mass is 16.3. The molecule has 0 spiro atoms. The summed E-state index contributed by atoms with van der Waals surface area (Å²) in [6.07, 6.45) is 8.45. The summed E-state index contributed by atoms with van der Waals surface area (Å²) in [5, 5.41) is 42.3. The number of aromatic amines is 1. The van der Waals surface area contributed by atoms with Crippen molar-refractivity contribution in [2.45, 2.75) is 63.0 Å². The van der Waals surface area contributed by atoms with E-state index in [1.165, 1.54) is 6.42 Å². The van der Waals surface area contributed by atoms with Crippen LogP contribution < -0.4 is 0 Å². The molecule has 2 aromatic rings. The van der Waals surface area contributed by atoms with Crippen molar-refractivity contribution in [3.63, 3.8) is 0 Å². The first-order valence-electron chi connectivity index (χ1n) is 8.20. The summed E-state index contributed by atoms with van der Waals surface area (Å²) in [6.45, 7) is 0.0269. The van der Waals surface area contributed by atoms with Crippen LogP contribution in [0.25, 0.3) is 0 Å². The van der Waals surface area contributed by atoms with Crippen LogP contribution >= 0.6 is 0 Å².